The van der Waals surface area contributed by atoms with Crippen molar-refractivity contribution < 1.29 is 0 Å². The van der Waals surface area contributed by atoms with E-state index >= 15 is 0 Å². The Labute approximate surface area is 83.4 Å². The maximum absolute atomic E-state index is 2.73. The number of fused-ring (bicyclic) bond motifs is 2. The summed E-state index contributed by atoms with van der Waals surface area (Å²) in [6.07, 6.45) is 5.82. The van der Waals surface area contributed by atoms with Gasteiger partial charge in [0.1, 0.15) is 0 Å². The SMILES string of the molecule is c1csc(CN2C3CCC2CC3)c1. The smallest absolute Gasteiger partial charge is 0.0333 e. The number of hydrogen-bond acceptors (Lipinski definition) is 2. The van der Waals surface area contributed by atoms with E-state index in [2.05, 4.69) is 22.4 Å². The minimum absolute atomic E-state index is 0.923. The Balaban J connectivity index is 1.73. The lowest BCUT2D eigenvalue weighted by molar-refractivity contribution is 0.246. The molecule has 2 aliphatic heterocycles. The highest BCUT2D eigenvalue weighted by atomic mass is 32.1. The molecule has 0 saturated carbocycles. The normalized spacial score (nSPS) is 32.9. The molecule has 0 aromatic carbocycles. The maximum atomic E-state index is 2.73. The molecular weight excluding hydrogens is 178 g/mol. The van der Waals surface area contributed by atoms with Crippen molar-refractivity contribution in [3.05, 3.63) is 22.4 Å². The average Bonchev–Trinajstić information content (AvgIpc) is 2.85. The summed E-state index contributed by atoms with van der Waals surface area (Å²) in [5, 5.41) is 2.19. The minimum Gasteiger partial charge on any atom is -0.292 e. The van der Waals surface area contributed by atoms with E-state index in [1.165, 1.54) is 32.2 Å². The van der Waals surface area contributed by atoms with Gasteiger partial charge in [-0.1, -0.05) is 6.07 Å². The number of thiophene rings is 1. The van der Waals surface area contributed by atoms with E-state index in [0.717, 1.165) is 12.1 Å². The van der Waals surface area contributed by atoms with Crippen LogP contribution < -0.4 is 0 Å². The van der Waals surface area contributed by atoms with Gasteiger partial charge < -0.3 is 0 Å². The van der Waals surface area contributed by atoms with Crippen molar-refractivity contribution in [2.45, 2.75) is 44.3 Å². The standard InChI is InChI=1S/C11H15NS/c1-2-11(13-7-1)8-12-9-3-4-10(12)6-5-9/h1-2,7,9-10H,3-6,8H2. The summed E-state index contributed by atoms with van der Waals surface area (Å²) < 4.78 is 0. The van der Waals surface area contributed by atoms with Crippen molar-refractivity contribution in [3.63, 3.8) is 0 Å². The average molecular weight is 193 g/mol. The van der Waals surface area contributed by atoms with Crippen LogP contribution in [0.25, 0.3) is 0 Å². The monoisotopic (exact) mass is 193 g/mol. The highest BCUT2D eigenvalue weighted by molar-refractivity contribution is 7.09. The largest absolute Gasteiger partial charge is 0.292 e. The lowest BCUT2D eigenvalue weighted by Crippen LogP contribution is -2.27. The van der Waals surface area contributed by atoms with Crippen LogP contribution in [0, 0.1) is 0 Å². The van der Waals surface area contributed by atoms with Gasteiger partial charge in [-0.3, -0.25) is 4.90 Å². The quantitative estimate of drug-likeness (QED) is 0.698. The van der Waals surface area contributed by atoms with Crippen molar-refractivity contribution in [1.82, 2.24) is 4.90 Å². The predicted molar refractivity (Wildman–Crippen MR) is 55.9 cm³/mol. The summed E-state index contributed by atoms with van der Waals surface area (Å²) in [4.78, 5) is 4.27. The van der Waals surface area contributed by atoms with E-state index in [0.29, 0.717) is 0 Å². The third kappa shape index (κ3) is 1.32. The fourth-order valence-electron chi connectivity index (χ4n) is 2.86. The minimum atomic E-state index is 0.923. The second kappa shape index (κ2) is 3.10. The lowest BCUT2D eigenvalue weighted by Gasteiger charge is -2.20. The Hall–Kier alpha value is -0.340. The van der Waals surface area contributed by atoms with E-state index in [1.807, 2.05) is 11.3 Å². The third-order valence-corrected chi connectivity index (χ3v) is 4.38. The van der Waals surface area contributed by atoms with E-state index in [4.69, 9.17) is 0 Å². The van der Waals surface area contributed by atoms with Gasteiger partial charge in [0.2, 0.25) is 0 Å². The molecule has 1 aromatic rings. The number of rotatable bonds is 2. The molecule has 2 bridgehead atoms. The zero-order valence-electron chi connectivity index (χ0n) is 7.78. The summed E-state index contributed by atoms with van der Waals surface area (Å²) in [5.41, 5.74) is 0. The first-order valence-electron chi connectivity index (χ1n) is 5.21. The molecule has 2 aliphatic rings. The highest BCUT2D eigenvalue weighted by Gasteiger charge is 2.38. The summed E-state index contributed by atoms with van der Waals surface area (Å²) in [6.45, 7) is 1.22. The Bertz CT molecular complexity index is 260. The van der Waals surface area contributed by atoms with Crippen molar-refractivity contribution in [2.75, 3.05) is 0 Å². The van der Waals surface area contributed by atoms with Gasteiger partial charge in [-0.25, -0.2) is 0 Å². The molecule has 0 aliphatic carbocycles. The summed E-state index contributed by atoms with van der Waals surface area (Å²) in [5.74, 6) is 0. The molecule has 0 spiro atoms. The van der Waals surface area contributed by atoms with Crippen molar-refractivity contribution in [2.24, 2.45) is 0 Å². The van der Waals surface area contributed by atoms with E-state index < -0.39 is 0 Å². The van der Waals surface area contributed by atoms with Crippen LogP contribution in [0.3, 0.4) is 0 Å². The summed E-state index contributed by atoms with van der Waals surface area (Å²) in [7, 11) is 0. The van der Waals surface area contributed by atoms with Crippen molar-refractivity contribution in [1.29, 1.82) is 0 Å². The second-order valence-corrected chi connectivity index (χ2v) is 5.25. The van der Waals surface area contributed by atoms with Gasteiger partial charge in [0.25, 0.3) is 0 Å². The third-order valence-electron chi connectivity index (χ3n) is 3.52. The lowest BCUT2D eigenvalue weighted by atomic mass is 10.0. The van der Waals surface area contributed by atoms with Gasteiger partial charge in [0, 0.05) is 23.5 Å². The van der Waals surface area contributed by atoms with E-state index in [-0.39, 0.29) is 0 Å². The van der Waals surface area contributed by atoms with Gasteiger partial charge >= 0.3 is 0 Å². The van der Waals surface area contributed by atoms with E-state index in [1.54, 1.807) is 4.88 Å². The summed E-state index contributed by atoms with van der Waals surface area (Å²) in [6, 6.07) is 6.28. The van der Waals surface area contributed by atoms with Crippen LogP contribution in [0.5, 0.6) is 0 Å². The second-order valence-electron chi connectivity index (χ2n) is 4.21. The van der Waals surface area contributed by atoms with Gasteiger partial charge in [-0.05, 0) is 37.1 Å². The Morgan fingerprint density at radius 3 is 2.46 bits per heavy atom. The fourth-order valence-corrected chi connectivity index (χ4v) is 3.57. The first-order chi connectivity index (χ1) is 6.43. The molecule has 2 fully saturated rings. The van der Waals surface area contributed by atoms with Gasteiger partial charge in [-0.2, -0.15) is 0 Å². The van der Waals surface area contributed by atoms with Crippen LogP contribution in [-0.4, -0.2) is 17.0 Å². The molecule has 2 heteroatoms. The van der Waals surface area contributed by atoms with Gasteiger partial charge in [-0.15, -0.1) is 11.3 Å². The topological polar surface area (TPSA) is 3.24 Å². The van der Waals surface area contributed by atoms with Crippen LogP contribution in [0.15, 0.2) is 17.5 Å². The molecule has 0 atom stereocenters. The van der Waals surface area contributed by atoms with Crippen LogP contribution in [-0.2, 0) is 6.54 Å². The molecule has 0 radical (unpaired) electrons. The highest BCUT2D eigenvalue weighted by Crippen LogP contribution is 2.38. The Morgan fingerprint density at radius 1 is 1.23 bits per heavy atom. The van der Waals surface area contributed by atoms with E-state index in [9.17, 15) is 0 Å². The molecule has 13 heavy (non-hydrogen) atoms. The van der Waals surface area contributed by atoms with Crippen LogP contribution in [0.2, 0.25) is 0 Å². The van der Waals surface area contributed by atoms with Gasteiger partial charge in [0.05, 0.1) is 0 Å². The van der Waals surface area contributed by atoms with Crippen molar-refractivity contribution in [3.8, 4) is 0 Å². The molecule has 3 rings (SSSR count). The van der Waals surface area contributed by atoms with Crippen LogP contribution >= 0.6 is 11.3 Å². The van der Waals surface area contributed by atoms with Crippen LogP contribution in [0.4, 0.5) is 0 Å². The first kappa shape index (κ1) is 8.01. The molecule has 0 unspecified atom stereocenters. The zero-order valence-corrected chi connectivity index (χ0v) is 8.59. The van der Waals surface area contributed by atoms with Crippen molar-refractivity contribution >= 4 is 11.3 Å². The Kier molecular flexibility index (Phi) is 1.91. The molecule has 0 amide bonds. The molecule has 1 aromatic heterocycles. The molecule has 3 heterocycles. The van der Waals surface area contributed by atoms with Gasteiger partial charge in [0.15, 0.2) is 0 Å². The molecule has 0 N–H and O–H groups in total. The molecule has 1 nitrogen and oxygen atoms in total. The molecule has 2 saturated heterocycles. The predicted octanol–water partition coefficient (Wildman–Crippen LogP) is 2.87. The molecule has 70 valence electrons. The number of nitrogens with zero attached hydrogens (tertiary/aromatic N) is 1. The summed E-state index contributed by atoms with van der Waals surface area (Å²) >= 11 is 1.90. The Morgan fingerprint density at radius 2 is 1.92 bits per heavy atom. The maximum Gasteiger partial charge on any atom is 0.0333 e. The van der Waals surface area contributed by atoms with Crippen LogP contribution in [0.1, 0.15) is 30.6 Å². The number of hydrogen-bond donors (Lipinski definition) is 0. The first-order valence-corrected chi connectivity index (χ1v) is 6.09. The zero-order chi connectivity index (χ0) is 8.67. The molecular formula is C11H15NS. The fraction of sp³-hybridized carbons (Fsp3) is 0.636.